The Kier molecular flexibility index (Phi) is 6.82. The summed E-state index contributed by atoms with van der Waals surface area (Å²) in [5.41, 5.74) is 9.00. The maximum atomic E-state index is 15.2. The molecular formula is C31H30FN7O3. The number of rotatable bonds is 7. The first kappa shape index (κ1) is 27.3. The van der Waals surface area contributed by atoms with Gasteiger partial charge in [0.05, 0.1) is 17.7 Å². The molecule has 42 heavy (non-hydrogen) atoms. The summed E-state index contributed by atoms with van der Waals surface area (Å²) in [5.74, 6) is 0.251. The summed E-state index contributed by atoms with van der Waals surface area (Å²) in [4.78, 5) is 40.7. The molecule has 2 aromatic carbocycles. The lowest BCUT2D eigenvalue weighted by molar-refractivity contribution is 0.0818. The number of nitrogens with zero attached hydrogens (tertiary/aromatic N) is 6. The molecule has 10 nitrogen and oxygen atoms in total. The number of carbonyl (C=O) groups excluding carboxylic acids is 1. The van der Waals surface area contributed by atoms with Gasteiger partial charge in [0.2, 0.25) is 5.95 Å². The monoisotopic (exact) mass is 567 g/mol. The Hall–Kier alpha value is -4.90. The van der Waals surface area contributed by atoms with Crippen LogP contribution in [0.15, 0.2) is 59.7 Å². The van der Waals surface area contributed by atoms with E-state index in [1.807, 2.05) is 12.3 Å². The van der Waals surface area contributed by atoms with Gasteiger partial charge in [-0.15, -0.1) is 0 Å². The van der Waals surface area contributed by atoms with Crippen LogP contribution in [0.3, 0.4) is 0 Å². The molecule has 0 saturated heterocycles. The molecule has 0 aliphatic heterocycles. The Morgan fingerprint density at radius 1 is 1.14 bits per heavy atom. The quantitative estimate of drug-likeness (QED) is 0.307. The molecule has 3 aromatic heterocycles. The normalized spacial score (nSPS) is 13.1. The molecule has 1 amide bonds. The Morgan fingerprint density at radius 2 is 1.93 bits per heavy atom. The third-order valence-corrected chi connectivity index (χ3v) is 7.59. The Labute approximate surface area is 240 Å². The summed E-state index contributed by atoms with van der Waals surface area (Å²) < 4.78 is 18.2. The molecule has 1 saturated carbocycles. The van der Waals surface area contributed by atoms with E-state index < -0.39 is 18.0 Å². The molecule has 0 atom stereocenters. The standard InChI is InChI=1S/C31H30FN7O3/c1-37(2)29(41)25-11-17(15-38(25)3)12-26-34-28(36-31(33)35-26)21-5-4-6-24(22(21)16-40)39-10-9-19-13-20(18-7-8-18)14-23(32)27(19)30(39)42/h4-6,9-11,13-15,18,40H,7-8,12,16H2,1-3H3,(H2,33,34,35,36). The van der Waals surface area contributed by atoms with Crippen molar-refractivity contribution >= 4 is 22.6 Å². The molecule has 5 aromatic rings. The molecule has 0 bridgehead atoms. The smallest absolute Gasteiger partial charge is 0.269 e. The van der Waals surface area contributed by atoms with Gasteiger partial charge >= 0.3 is 0 Å². The number of aliphatic hydroxyl groups excluding tert-OH is 1. The number of aliphatic hydroxyl groups is 1. The van der Waals surface area contributed by atoms with Crippen LogP contribution in [0.4, 0.5) is 10.3 Å². The molecule has 1 aliphatic rings. The lowest BCUT2D eigenvalue weighted by Crippen LogP contribution is -2.23. The minimum atomic E-state index is -0.554. The van der Waals surface area contributed by atoms with Crippen LogP contribution in [0.1, 0.15) is 51.8 Å². The van der Waals surface area contributed by atoms with Crippen LogP contribution >= 0.6 is 0 Å². The number of halogens is 1. The van der Waals surface area contributed by atoms with E-state index in [1.54, 1.807) is 62.2 Å². The van der Waals surface area contributed by atoms with Gasteiger partial charge in [-0.1, -0.05) is 18.2 Å². The zero-order chi connectivity index (χ0) is 29.7. The lowest BCUT2D eigenvalue weighted by atomic mass is 10.0. The highest BCUT2D eigenvalue weighted by atomic mass is 19.1. The first-order chi connectivity index (χ1) is 20.1. The minimum Gasteiger partial charge on any atom is -0.392 e. The maximum absolute atomic E-state index is 15.2. The van der Waals surface area contributed by atoms with E-state index in [0.29, 0.717) is 39.6 Å². The molecule has 0 radical (unpaired) electrons. The van der Waals surface area contributed by atoms with Crippen molar-refractivity contribution in [2.24, 2.45) is 7.05 Å². The molecule has 3 N–H and O–H groups in total. The summed E-state index contributed by atoms with van der Waals surface area (Å²) in [6, 6.07) is 11.9. The van der Waals surface area contributed by atoms with Gasteiger partial charge in [0.25, 0.3) is 11.5 Å². The number of nitrogens with two attached hydrogens (primary N) is 1. The Morgan fingerprint density at radius 3 is 2.64 bits per heavy atom. The fourth-order valence-electron chi connectivity index (χ4n) is 5.36. The number of hydrogen-bond acceptors (Lipinski definition) is 7. The minimum absolute atomic E-state index is 0.00198. The first-order valence-electron chi connectivity index (χ1n) is 13.6. The number of hydrogen-bond donors (Lipinski definition) is 2. The van der Waals surface area contributed by atoms with E-state index in [-0.39, 0.29) is 29.5 Å². The fraction of sp³-hybridized carbons (Fsp3) is 0.258. The van der Waals surface area contributed by atoms with Crippen molar-refractivity contribution in [3.8, 4) is 17.1 Å². The highest BCUT2D eigenvalue weighted by molar-refractivity contribution is 5.92. The predicted molar refractivity (Wildman–Crippen MR) is 157 cm³/mol. The van der Waals surface area contributed by atoms with Crippen LogP contribution in [0.5, 0.6) is 0 Å². The molecule has 1 fully saturated rings. The van der Waals surface area contributed by atoms with Gasteiger partial charge in [0.1, 0.15) is 17.3 Å². The summed E-state index contributed by atoms with van der Waals surface area (Å²) in [6.45, 7) is -0.436. The largest absolute Gasteiger partial charge is 0.392 e. The van der Waals surface area contributed by atoms with E-state index in [9.17, 15) is 14.7 Å². The van der Waals surface area contributed by atoms with Crippen molar-refractivity contribution in [3.05, 3.63) is 99.2 Å². The Bertz CT molecular complexity index is 1920. The SMILES string of the molecule is CN(C)C(=O)c1cc(Cc2nc(N)nc(-c3cccc(-n4ccc5cc(C6CC6)cc(F)c5c4=O)c3CO)n2)cn1C. The lowest BCUT2D eigenvalue weighted by Gasteiger charge is -2.16. The number of aromatic nitrogens is 5. The van der Waals surface area contributed by atoms with Gasteiger partial charge in [-0.25, -0.2) is 9.37 Å². The van der Waals surface area contributed by atoms with Crippen LogP contribution in [0, 0.1) is 5.82 Å². The number of nitrogen functional groups attached to an aromatic ring is 1. The zero-order valence-electron chi connectivity index (χ0n) is 23.5. The number of carbonyl (C=O) groups is 1. The predicted octanol–water partition coefficient (Wildman–Crippen LogP) is 3.56. The molecule has 1 aliphatic carbocycles. The number of pyridine rings is 1. The maximum Gasteiger partial charge on any atom is 0.269 e. The highest BCUT2D eigenvalue weighted by Crippen LogP contribution is 2.41. The van der Waals surface area contributed by atoms with Crippen molar-refractivity contribution in [2.45, 2.75) is 31.8 Å². The number of fused-ring (bicyclic) bond motifs is 1. The summed E-state index contributed by atoms with van der Waals surface area (Å²) in [7, 11) is 5.17. The summed E-state index contributed by atoms with van der Waals surface area (Å²) >= 11 is 0. The fourth-order valence-corrected chi connectivity index (χ4v) is 5.36. The van der Waals surface area contributed by atoms with E-state index in [1.165, 1.54) is 15.5 Å². The number of amides is 1. The third-order valence-electron chi connectivity index (χ3n) is 7.59. The average Bonchev–Trinajstić information content (AvgIpc) is 3.74. The average molecular weight is 568 g/mol. The van der Waals surface area contributed by atoms with Crippen LogP contribution in [-0.4, -0.2) is 54.1 Å². The molecule has 0 unspecified atom stereocenters. The summed E-state index contributed by atoms with van der Waals surface area (Å²) in [5, 5.41) is 11.0. The second kappa shape index (κ2) is 10.5. The Balaban J connectivity index is 1.40. The molecule has 11 heteroatoms. The highest BCUT2D eigenvalue weighted by Gasteiger charge is 2.25. The number of aryl methyl sites for hydroxylation is 1. The first-order valence-corrected chi connectivity index (χ1v) is 13.6. The van der Waals surface area contributed by atoms with Crippen molar-refractivity contribution in [1.82, 2.24) is 29.0 Å². The molecule has 0 spiro atoms. The molecular weight excluding hydrogens is 537 g/mol. The van der Waals surface area contributed by atoms with E-state index in [2.05, 4.69) is 15.0 Å². The van der Waals surface area contributed by atoms with Gasteiger partial charge in [-0.3, -0.25) is 14.2 Å². The molecule has 214 valence electrons. The van der Waals surface area contributed by atoms with E-state index >= 15 is 4.39 Å². The van der Waals surface area contributed by atoms with Gasteiger partial charge in [0, 0.05) is 51.1 Å². The second-order valence-corrected chi connectivity index (χ2v) is 10.8. The van der Waals surface area contributed by atoms with Crippen molar-refractivity contribution in [1.29, 1.82) is 0 Å². The van der Waals surface area contributed by atoms with Crippen molar-refractivity contribution in [3.63, 3.8) is 0 Å². The van der Waals surface area contributed by atoms with Gasteiger partial charge in [-0.05, 0) is 59.5 Å². The van der Waals surface area contributed by atoms with Crippen molar-refractivity contribution < 1.29 is 14.3 Å². The summed E-state index contributed by atoms with van der Waals surface area (Å²) in [6.07, 6.45) is 5.76. The second-order valence-electron chi connectivity index (χ2n) is 10.8. The van der Waals surface area contributed by atoms with Gasteiger partial charge in [0.15, 0.2) is 5.82 Å². The van der Waals surface area contributed by atoms with Crippen LogP contribution in [0.2, 0.25) is 0 Å². The number of benzene rings is 2. The van der Waals surface area contributed by atoms with Gasteiger partial charge < -0.3 is 20.3 Å². The molecule has 3 heterocycles. The van der Waals surface area contributed by atoms with Gasteiger partial charge in [-0.2, -0.15) is 9.97 Å². The van der Waals surface area contributed by atoms with E-state index in [0.717, 1.165) is 24.0 Å². The van der Waals surface area contributed by atoms with Crippen molar-refractivity contribution in [2.75, 3.05) is 19.8 Å². The third kappa shape index (κ3) is 4.92. The van der Waals surface area contributed by atoms with E-state index in [4.69, 9.17) is 5.73 Å². The van der Waals surface area contributed by atoms with Crippen LogP contribution < -0.4 is 11.3 Å². The van der Waals surface area contributed by atoms with Crippen LogP contribution in [-0.2, 0) is 20.1 Å². The zero-order valence-corrected chi connectivity index (χ0v) is 23.5. The molecule has 6 rings (SSSR count). The van der Waals surface area contributed by atoms with Crippen LogP contribution in [0.25, 0.3) is 27.8 Å². The number of anilines is 1. The topological polar surface area (TPSA) is 132 Å².